The monoisotopic (exact) mass is 438 g/mol. The van der Waals surface area contributed by atoms with Gasteiger partial charge in [-0.1, -0.05) is 0 Å². The van der Waals surface area contributed by atoms with Crippen LogP contribution in [0.3, 0.4) is 0 Å². The number of imide groups is 2. The van der Waals surface area contributed by atoms with Gasteiger partial charge in [0.1, 0.15) is 12.1 Å². The van der Waals surface area contributed by atoms with Gasteiger partial charge in [-0.2, -0.15) is 0 Å². The Morgan fingerprint density at radius 1 is 0.625 bits per heavy atom. The van der Waals surface area contributed by atoms with Gasteiger partial charge < -0.3 is 9.47 Å². The summed E-state index contributed by atoms with van der Waals surface area (Å²) in [7, 11) is 2.30. The van der Waals surface area contributed by atoms with Crippen molar-refractivity contribution >= 4 is 46.3 Å². The minimum absolute atomic E-state index is 0.0750. The van der Waals surface area contributed by atoms with Gasteiger partial charge in [0.2, 0.25) is 0 Å². The molecule has 0 aliphatic carbocycles. The highest BCUT2D eigenvalue weighted by Gasteiger charge is 2.44. The second-order valence-electron chi connectivity index (χ2n) is 7.43. The molecule has 4 amide bonds. The van der Waals surface area contributed by atoms with Gasteiger partial charge in [-0.25, -0.2) is 9.59 Å². The van der Waals surface area contributed by atoms with E-state index in [0.717, 1.165) is 24.0 Å². The van der Waals surface area contributed by atoms with E-state index in [9.17, 15) is 28.8 Å². The van der Waals surface area contributed by atoms with Crippen LogP contribution in [0.5, 0.6) is 0 Å². The summed E-state index contributed by atoms with van der Waals surface area (Å²) in [6.07, 6.45) is 0. The zero-order valence-corrected chi connectivity index (χ0v) is 17.6. The normalized spacial score (nSPS) is 16.9. The first kappa shape index (κ1) is 21.2. The Labute approximate surface area is 181 Å². The minimum atomic E-state index is -1.17. The summed E-state index contributed by atoms with van der Waals surface area (Å²) < 4.78 is 9.32. The van der Waals surface area contributed by atoms with Crippen molar-refractivity contribution < 1.29 is 38.2 Å². The SMILES string of the molecule is COC(=O)[C@H](C)N1C(=O)c2ccc3c4c(ccc(c24)C1=O)C(=O)N([C@@H](C)C(=O)OC)C3=O. The molecule has 0 saturated heterocycles. The standard InChI is InChI=1S/C22H18N2O8/c1-9(21(29)31-3)23-17(25)11-5-7-13-16-14(8-6-12(15(11)16)18(23)26)20(28)24(19(13)27)10(2)22(30)32-4/h5-10H,1-4H3/t9-,10-/m0/s1. The first-order valence-corrected chi connectivity index (χ1v) is 9.66. The van der Waals surface area contributed by atoms with E-state index in [-0.39, 0.29) is 33.0 Å². The number of hydrogen-bond acceptors (Lipinski definition) is 8. The molecule has 164 valence electrons. The van der Waals surface area contributed by atoms with Crippen molar-refractivity contribution in [3.63, 3.8) is 0 Å². The van der Waals surface area contributed by atoms with Crippen molar-refractivity contribution in [3.8, 4) is 0 Å². The summed E-state index contributed by atoms with van der Waals surface area (Å²) in [6, 6.07) is 3.12. The zero-order chi connectivity index (χ0) is 23.5. The summed E-state index contributed by atoms with van der Waals surface area (Å²) in [5, 5.41) is 0.325. The largest absolute Gasteiger partial charge is 0.467 e. The van der Waals surface area contributed by atoms with Gasteiger partial charge >= 0.3 is 11.9 Å². The number of esters is 2. The average Bonchev–Trinajstić information content (AvgIpc) is 2.79. The summed E-state index contributed by atoms with van der Waals surface area (Å²) in [6.45, 7) is 2.74. The smallest absolute Gasteiger partial charge is 0.328 e. The molecule has 0 saturated carbocycles. The maximum Gasteiger partial charge on any atom is 0.328 e. The molecule has 4 rings (SSSR count). The summed E-state index contributed by atoms with van der Waals surface area (Å²) in [5.74, 6) is -4.50. The van der Waals surface area contributed by atoms with E-state index in [1.54, 1.807) is 0 Å². The molecule has 0 radical (unpaired) electrons. The Kier molecular flexibility index (Phi) is 4.80. The Morgan fingerprint density at radius 2 is 0.875 bits per heavy atom. The van der Waals surface area contributed by atoms with Crippen LogP contribution >= 0.6 is 0 Å². The highest BCUT2D eigenvalue weighted by molar-refractivity contribution is 6.34. The number of rotatable bonds is 4. The van der Waals surface area contributed by atoms with Crippen LogP contribution in [0.25, 0.3) is 10.8 Å². The van der Waals surface area contributed by atoms with E-state index in [0.29, 0.717) is 0 Å². The van der Waals surface area contributed by atoms with Gasteiger partial charge in [0.15, 0.2) is 0 Å². The Hall–Kier alpha value is -4.08. The van der Waals surface area contributed by atoms with Crippen LogP contribution in [-0.2, 0) is 19.1 Å². The number of hydrogen-bond donors (Lipinski definition) is 0. The van der Waals surface area contributed by atoms with Gasteiger partial charge in [0.05, 0.1) is 14.2 Å². The summed E-state index contributed by atoms with van der Waals surface area (Å²) >= 11 is 0. The van der Waals surface area contributed by atoms with Gasteiger partial charge in [-0.3, -0.25) is 29.0 Å². The molecule has 2 atom stereocenters. The second-order valence-corrected chi connectivity index (χ2v) is 7.43. The average molecular weight is 438 g/mol. The molecule has 2 aliphatic heterocycles. The van der Waals surface area contributed by atoms with Gasteiger partial charge in [0.25, 0.3) is 23.6 Å². The highest BCUT2D eigenvalue weighted by atomic mass is 16.5. The molecule has 32 heavy (non-hydrogen) atoms. The molecule has 10 nitrogen and oxygen atoms in total. The number of amides is 4. The number of ether oxygens (including phenoxy) is 2. The molecule has 2 aliphatic rings. The van der Waals surface area contributed by atoms with Crippen molar-refractivity contribution in [1.82, 2.24) is 9.80 Å². The first-order chi connectivity index (χ1) is 15.1. The Balaban J connectivity index is 1.93. The molecule has 0 fully saturated rings. The zero-order valence-electron chi connectivity index (χ0n) is 17.6. The quantitative estimate of drug-likeness (QED) is 0.514. The van der Waals surface area contributed by atoms with E-state index in [1.807, 2.05) is 0 Å². The fourth-order valence-corrected chi connectivity index (χ4v) is 4.17. The third-order valence-corrected chi connectivity index (χ3v) is 5.82. The fourth-order valence-electron chi connectivity index (χ4n) is 4.17. The van der Waals surface area contributed by atoms with Crippen LogP contribution in [0.2, 0.25) is 0 Å². The van der Waals surface area contributed by atoms with Crippen LogP contribution < -0.4 is 0 Å². The van der Waals surface area contributed by atoms with E-state index < -0.39 is 47.7 Å². The maximum atomic E-state index is 13.1. The Morgan fingerprint density at radius 3 is 1.09 bits per heavy atom. The molecular formula is C22H18N2O8. The number of carbonyl (C=O) groups excluding carboxylic acids is 6. The number of methoxy groups -OCH3 is 2. The predicted octanol–water partition coefficient (Wildman–Crippen LogP) is 1.15. The predicted molar refractivity (Wildman–Crippen MR) is 108 cm³/mol. The minimum Gasteiger partial charge on any atom is -0.467 e. The lowest BCUT2D eigenvalue weighted by Crippen LogP contribution is -2.51. The van der Waals surface area contributed by atoms with Gasteiger partial charge in [-0.15, -0.1) is 0 Å². The van der Waals surface area contributed by atoms with Crippen LogP contribution in [0.15, 0.2) is 24.3 Å². The molecule has 0 N–H and O–H groups in total. The molecule has 0 unspecified atom stereocenters. The molecule has 2 aromatic carbocycles. The van der Waals surface area contributed by atoms with E-state index in [4.69, 9.17) is 0 Å². The van der Waals surface area contributed by atoms with Crippen LogP contribution in [-0.4, -0.2) is 71.7 Å². The topological polar surface area (TPSA) is 127 Å². The molecule has 0 aromatic heterocycles. The molecule has 2 aromatic rings. The fraction of sp³-hybridized carbons (Fsp3) is 0.273. The lowest BCUT2D eigenvalue weighted by molar-refractivity contribution is -0.145. The summed E-state index contributed by atoms with van der Waals surface area (Å²) in [4.78, 5) is 78.1. The number of nitrogens with zero attached hydrogens (tertiary/aromatic N) is 2. The second kappa shape index (κ2) is 7.26. The van der Waals surface area contributed by atoms with E-state index >= 15 is 0 Å². The molecule has 2 heterocycles. The van der Waals surface area contributed by atoms with Crippen molar-refractivity contribution in [1.29, 1.82) is 0 Å². The van der Waals surface area contributed by atoms with Crippen molar-refractivity contribution in [2.75, 3.05) is 14.2 Å². The summed E-state index contributed by atoms with van der Waals surface area (Å²) in [5.41, 5.74) is 0.300. The highest BCUT2D eigenvalue weighted by Crippen LogP contribution is 2.38. The van der Waals surface area contributed by atoms with Crippen LogP contribution in [0.1, 0.15) is 55.3 Å². The molecular weight excluding hydrogens is 420 g/mol. The van der Waals surface area contributed by atoms with Crippen molar-refractivity contribution in [3.05, 3.63) is 46.5 Å². The third-order valence-electron chi connectivity index (χ3n) is 5.82. The maximum absolute atomic E-state index is 13.1. The molecule has 10 heteroatoms. The molecule has 0 bridgehead atoms. The molecule has 0 spiro atoms. The van der Waals surface area contributed by atoms with Crippen LogP contribution in [0.4, 0.5) is 0 Å². The van der Waals surface area contributed by atoms with Gasteiger partial charge in [-0.05, 0) is 38.1 Å². The van der Waals surface area contributed by atoms with Crippen molar-refractivity contribution in [2.24, 2.45) is 0 Å². The lowest BCUT2D eigenvalue weighted by Gasteiger charge is -2.34. The number of carbonyl (C=O) groups is 6. The first-order valence-electron chi connectivity index (χ1n) is 9.66. The number of benzene rings is 2. The third kappa shape index (κ3) is 2.65. The Bertz CT molecular complexity index is 1100. The van der Waals surface area contributed by atoms with E-state index in [1.165, 1.54) is 38.1 Å². The van der Waals surface area contributed by atoms with E-state index in [2.05, 4.69) is 9.47 Å². The lowest BCUT2D eigenvalue weighted by atomic mass is 9.85. The van der Waals surface area contributed by atoms with Gasteiger partial charge in [0, 0.05) is 33.0 Å². The van der Waals surface area contributed by atoms with Crippen molar-refractivity contribution in [2.45, 2.75) is 25.9 Å². The van der Waals surface area contributed by atoms with Crippen LogP contribution in [0, 0.1) is 0 Å².